The molecular formula is C14H9BrN6O3. The number of nitro groups is 1. The van der Waals surface area contributed by atoms with Gasteiger partial charge in [-0.05, 0) is 57.5 Å². The monoisotopic (exact) mass is 388 g/mol. The molecule has 0 saturated heterocycles. The Kier molecular flexibility index (Phi) is 4.29. The Morgan fingerprint density at radius 1 is 1.21 bits per heavy atom. The van der Waals surface area contributed by atoms with Gasteiger partial charge in [0.25, 0.3) is 11.6 Å². The standard InChI is InChI=1S/C14H9BrN6O3/c15-11-6-3-9(7-12(11)21(23)24)14(22)16-10-4-1-8(2-5-10)13-17-19-20-18-13/h1-7H,(H,16,22)(H,17,18,19,20). The van der Waals surface area contributed by atoms with E-state index in [2.05, 4.69) is 41.9 Å². The number of aromatic amines is 1. The van der Waals surface area contributed by atoms with Crippen molar-refractivity contribution in [1.29, 1.82) is 0 Å². The Morgan fingerprint density at radius 2 is 1.96 bits per heavy atom. The largest absolute Gasteiger partial charge is 0.322 e. The van der Waals surface area contributed by atoms with Gasteiger partial charge in [0.05, 0.1) is 9.40 Å². The van der Waals surface area contributed by atoms with Crippen LogP contribution in [-0.2, 0) is 0 Å². The van der Waals surface area contributed by atoms with E-state index in [4.69, 9.17) is 0 Å². The molecule has 0 aliphatic heterocycles. The Labute approximate surface area is 143 Å². The van der Waals surface area contributed by atoms with Crippen LogP contribution in [0.4, 0.5) is 11.4 Å². The van der Waals surface area contributed by atoms with Gasteiger partial charge in [-0.1, -0.05) is 0 Å². The number of nitro benzene ring substituents is 1. The lowest BCUT2D eigenvalue weighted by Crippen LogP contribution is -2.12. The van der Waals surface area contributed by atoms with E-state index in [-0.39, 0.29) is 11.3 Å². The predicted molar refractivity (Wildman–Crippen MR) is 88.4 cm³/mol. The zero-order valence-electron chi connectivity index (χ0n) is 11.9. The number of amides is 1. The normalized spacial score (nSPS) is 10.4. The van der Waals surface area contributed by atoms with Crippen LogP contribution < -0.4 is 5.32 Å². The number of nitrogens with one attached hydrogen (secondary N) is 2. The number of anilines is 1. The van der Waals surface area contributed by atoms with Crippen LogP contribution in [0.25, 0.3) is 11.4 Å². The Bertz CT molecular complexity index is 895. The number of nitrogens with zero attached hydrogens (tertiary/aromatic N) is 4. The molecule has 1 heterocycles. The van der Waals surface area contributed by atoms with E-state index in [9.17, 15) is 14.9 Å². The van der Waals surface area contributed by atoms with Crippen LogP contribution in [0.1, 0.15) is 10.4 Å². The Balaban J connectivity index is 1.77. The second-order valence-electron chi connectivity index (χ2n) is 4.69. The molecule has 0 saturated carbocycles. The van der Waals surface area contributed by atoms with Crippen molar-refractivity contribution in [3.63, 3.8) is 0 Å². The molecule has 1 aromatic heterocycles. The highest BCUT2D eigenvalue weighted by atomic mass is 79.9. The first-order chi connectivity index (χ1) is 11.5. The summed E-state index contributed by atoms with van der Waals surface area (Å²) in [5, 5.41) is 27.1. The Morgan fingerprint density at radius 3 is 2.58 bits per heavy atom. The average Bonchev–Trinajstić information content (AvgIpc) is 3.10. The summed E-state index contributed by atoms with van der Waals surface area (Å²) in [6.07, 6.45) is 0. The lowest BCUT2D eigenvalue weighted by molar-refractivity contribution is -0.385. The summed E-state index contributed by atoms with van der Waals surface area (Å²) in [6, 6.07) is 11.0. The number of halogens is 1. The molecular weight excluding hydrogens is 380 g/mol. The summed E-state index contributed by atoms with van der Waals surface area (Å²) >= 11 is 3.08. The molecule has 10 heteroatoms. The number of tetrazole rings is 1. The van der Waals surface area contributed by atoms with Crippen molar-refractivity contribution < 1.29 is 9.72 Å². The van der Waals surface area contributed by atoms with E-state index in [0.717, 1.165) is 5.56 Å². The second-order valence-corrected chi connectivity index (χ2v) is 5.54. The van der Waals surface area contributed by atoms with Crippen molar-refractivity contribution in [2.24, 2.45) is 0 Å². The van der Waals surface area contributed by atoms with Crippen LogP contribution >= 0.6 is 15.9 Å². The van der Waals surface area contributed by atoms with Gasteiger partial charge in [-0.2, -0.15) is 5.21 Å². The van der Waals surface area contributed by atoms with Gasteiger partial charge < -0.3 is 5.32 Å². The third kappa shape index (κ3) is 3.27. The van der Waals surface area contributed by atoms with Crippen LogP contribution in [0.2, 0.25) is 0 Å². The molecule has 24 heavy (non-hydrogen) atoms. The molecule has 120 valence electrons. The third-order valence-corrected chi connectivity index (χ3v) is 3.82. The van der Waals surface area contributed by atoms with Crippen molar-refractivity contribution in [1.82, 2.24) is 20.6 Å². The molecule has 0 radical (unpaired) electrons. The highest BCUT2D eigenvalue weighted by molar-refractivity contribution is 9.10. The fraction of sp³-hybridized carbons (Fsp3) is 0. The van der Waals surface area contributed by atoms with Gasteiger partial charge in [0, 0.05) is 22.9 Å². The molecule has 0 aliphatic carbocycles. The molecule has 1 amide bonds. The van der Waals surface area contributed by atoms with Gasteiger partial charge in [0.2, 0.25) is 5.82 Å². The first kappa shape index (κ1) is 15.7. The van der Waals surface area contributed by atoms with Gasteiger partial charge in [0.1, 0.15) is 0 Å². The van der Waals surface area contributed by atoms with Gasteiger partial charge in [-0.25, -0.2) is 0 Å². The molecule has 2 aromatic carbocycles. The molecule has 0 atom stereocenters. The SMILES string of the molecule is O=C(Nc1ccc(-c2nn[nH]n2)cc1)c1ccc(Br)c([N+](=O)[O-])c1. The van der Waals surface area contributed by atoms with Crippen LogP contribution in [-0.4, -0.2) is 31.5 Å². The first-order valence-corrected chi connectivity index (χ1v) is 7.43. The molecule has 0 unspecified atom stereocenters. The molecule has 0 bridgehead atoms. The third-order valence-electron chi connectivity index (χ3n) is 3.15. The molecule has 9 nitrogen and oxygen atoms in total. The quantitative estimate of drug-likeness (QED) is 0.522. The maximum absolute atomic E-state index is 12.2. The fourth-order valence-corrected chi connectivity index (χ4v) is 2.38. The molecule has 0 spiro atoms. The average molecular weight is 389 g/mol. The minimum atomic E-state index is -0.555. The van der Waals surface area contributed by atoms with E-state index in [1.807, 2.05) is 0 Å². The zero-order valence-corrected chi connectivity index (χ0v) is 13.5. The van der Waals surface area contributed by atoms with Crippen molar-refractivity contribution in [2.75, 3.05) is 5.32 Å². The summed E-state index contributed by atoms with van der Waals surface area (Å²) in [6.45, 7) is 0. The lowest BCUT2D eigenvalue weighted by Gasteiger charge is -2.06. The van der Waals surface area contributed by atoms with Crippen LogP contribution in [0.5, 0.6) is 0 Å². The highest BCUT2D eigenvalue weighted by Crippen LogP contribution is 2.26. The molecule has 0 aliphatic rings. The van der Waals surface area contributed by atoms with Gasteiger partial charge in [-0.3, -0.25) is 14.9 Å². The fourth-order valence-electron chi connectivity index (χ4n) is 1.98. The number of hydrogen-bond donors (Lipinski definition) is 2. The van der Waals surface area contributed by atoms with E-state index in [1.165, 1.54) is 18.2 Å². The van der Waals surface area contributed by atoms with Gasteiger partial charge >= 0.3 is 0 Å². The molecule has 3 rings (SSSR count). The van der Waals surface area contributed by atoms with E-state index >= 15 is 0 Å². The molecule has 2 N–H and O–H groups in total. The minimum absolute atomic E-state index is 0.171. The number of carbonyl (C=O) groups is 1. The topological polar surface area (TPSA) is 127 Å². The zero-order chi connectivity index (χ0) is 17.1. The van der Waals surface area contributed by atoms with E-state index < -0.39 is 10.8 Å². The second kappa shape index (κ2) is 6.54. The minimum Gasteiger partial charge on any atom is -0.322 e. The van der Waals surface area contributed by atoms with Crippen LogP contribution in [0, 0.1) is 10.1 Å². The van der Waals surface area contributed by atoms with Gasteiger partial charge in [0.15, 0.2) is 0 Å². The summed E-state index contributed by atoms with van der Waals surface area (Å²) in [4.78, 5) is 22.6. The molecule has 3 aromatic rings. The predicted octanol–water partition coefficient (Wildman–Crippen LogP) is 2.79. The smallest absolute Gasteiger partial charge is 0.284 e. The molecule has 0 fully saturated rings. The number of benzene rings is 2. The van der Waals surface area contributed by atoms with Crippen LogP contribution in [0.15, 0.2) is 46.9 Å². The maximum atomic E-state index is 12.2. The lowest BCUT2D eigenvalue weighted by atomic mass is 10.1. The van der Waals surface area contributed by atoms with Crippen molar-refractivity contribution in [2.45, 2.75) is 0 Å². The van der Waals surface area contributed by atoms with E-state index in [0.29, 0.717) is 16.0 Å². The summed E-state index contributed by atoms with van der Waals surface area (Å²) in [5.41, 5.74) is 1.29. The van der Waals surface area contributed by atoms with Crippen molar-refractivity contribution >= 4 is 33.2 Å². The summed E-state index contributed by atoms with van der Waals surface area (Å²) in [5.74, 6) is -0.00526. The highest BCUT2D eigenvalue weighted by Gasteiger charge is 2.16. The van der Waals surface area contributed by atoms with Crippen molar-refractivity contribution in [3.8, 4) is 11.4 Å². The number of hydrogen-bond acceptors (Lipinski definition) is 6. The van der Waals surface area contributed by atoms with E-state index in [1.54, 1.807) is 24.3 Å². The van der Waals surface area contributed by atoms with Gasteiger partial charge in [-0.15, -0.1) is 10.2 Å². The number of carbonyl (C=O) groups excluding carboxylic acids is 1. The van der Waals surface area contributed by atoms with Crippen LogP contribution in [0.3, 0.4) is 0 Å². The maximum Gasteiger partial charge on any atom is 0.284 e. The Hall–Kier alpha value is -3.14. The van der Waals surface area contributed by atoms with Crippen molar-refractivity contribution in [3.05, 3.63) is 62.6 Å². The summed E-state index contributed by atoms with van der Waals surface area (Å²) in [7, 11) is 0. The summed E-state index contributed by atoms with van der Waals surface area (Å²) < 4.78 is 0.313. The number of rotatable bonds is 4. The first-order valence-electron chi connectivity index (χ1n) is 6.64. The number of aromatic nitrogens is 4. The number of H-pyrrole nitrogens is 1.